The molecule has 0 aliphatic carbocycles. The standard InChI is InChI=1S/C14H14N2/c1-12-7-9-13(10-8-12)11-15-16-14-5-3-2-4-6-14/h2-11,16H,1H3/b15-11-. The molecule has 2 aromatic carbocycles. The highest BCUT2D eigenvalue weighted by atomic mass is 15.3. The smallest absolute Gasteiger partial charge is 0.0561 e. The summed E-state index contributed by atoms with van der Waals surface area (Å²) >= 11 is 0. The van der Waals surface area contributed by atoms with E-state index in [-0.39, 0.29) is 0 Å². The fourth-order valence-electron chi connectivity index (χ4n) is 1.35. The number of para-hydroxylation sites is 1. The van der Waals surface area contributed by atoms with Crippen LogP contribution in [0.2, 0.25) is 0 Å². The van der Waals surface area contributed by atoms with E-state index < -0.39 is 0 Å². The molecule has 80 valence electrons. The molecule has 16 heavy (non-hydrogen) atoms. The number of benzene rings is 2. The van der Waals surface area contributed by atoms with Crippen LogP contribution >= 0.6 is 0 Å². The normalized spacial score (nSPS) is 10.6. The lowest BCUT2D eigenvalue weighted by Gasteiger charge is -1.98. The van der Waals surface area contributed by atoms with Gasteiger partial charge >= 0.3 is 0 Å². The van der Waals surface area contributed by atoms with Crippen LogP contribution in [0.4, 0.5) is 5.69 Å². The summed E-state index contributed by atoms with van der Waals surface area (Å²) in [4.78, 5) is 0. The summed E-state index contributed by atoms with van der Waals surface area (Å²) in [5, 5.41) is 4.17. The molecule has 0 bridgehead atoms. The zero-order chi connectivity index (χ0) is 11.2. The summed E-state index contributed by atoms with van der Waals surface area (Å²) in [6.45, 7) is 2.07. The maximum absolute atomic E-state index is 4.17. The molecular weight excluding hydrogens is 196 g/mol. The minimum atomic E-state index is 0.992. The van der Waals surface area contributed by atoms with Crippen LogP contribution in [-0.2, 0) is 0 Å². The predicted molar refractivity (Wildman–Crippen MR) is 68.8 cm³/mol. The second-order valence-corrected chi connectivity index (χ2v) is 3.65. The third-order valence-corrected chi connectivity index (χ3v) is 2.26. The quantitative estimate of drug-likeness (QED) is 0.609. The van der Waals surface area contributed by atoms with Crippen molar-refractivity contribution in [2.24, 2.45) is 5.10 Å². The molecule has 0 saturated carbocycles. The van der Waals surface area contributed by atoms with Crippen molar-refractivity contribution in [1.29, 1.82) is 0 Å². The lowest BCUT2D eigenvalue weighted by molar-refractivity contribution is 1.35. The van der Waals surface area contributed by atoms with Crippen LogP contribution in [0.3, 0.4) is 0 Å². The van der Waals surface area contributed by atoms with Crippen LogP contribution in [-0.4, -0.2) is 6.21 Å². The van der Waals surface area contributed by atoms with E-state index in [0.717, 1.165) is 11.3 Å². The summed E-state index contributed by atoms with van der Waals surface area (Å²) < 4.78 is 0. The van der Waals surface area contributed by atoms with Gasteiger partial charge in [-0.15, -0.1) is 0 Å². The van der Waals surface area contributed by atoms with Gasteiger partial charge in [-0.05, 0) is 24.6 Å². The molecule has 2 aromatic rings. The Hall–Kier alpha value is -2.09. The Morgan fingerprint density at radius 3 is 2.31 bits per heavy atom. The maximum Gasteiger partial charge on any atom is 0.0561 e. The van der Waals surface area contributed by atoms with Crippen molar-refractivity contribution in [3.8, 4) is 0 Å². The van der Waals surface area contributed by atoms with Gasteiger partial charge in [0.25, 0.3) is 0 Å². The van der Waals surface area contributed by atoms with Crippen LogP contribution < -0.4 is 5.43 Å². The fraction of sp³-hybridized carbons (Fsp3) is 0.0714. The van der Waals surface area contributed by atoms with E-state index in [9.17, 15) is 0 Å². The first-order chi connectivity index (χ1) is 7.84. The molecule has 0 saturated heterocycles. The minimum Gasteiger partial charge on any atom is -0.279 e. The van der Waals surface area contributed by atoms with Crippen molar-refractivity contribution in [2.75, 3.05) is 5.43 Å². The zero-order valence-electron chi connectivity index (χ0n) is 9.22. The highest BCUT2D eigenvalue weighted by Gasteiger charge is 1.87. The van der Waals surface area contributed by atoms with E-state index in [1.54, 1.807) is 0 Å². The van der Waals surface area contributed by atoms with E-state index in [1.807, 2.05) is 48.7 Å². The number of hydrogen-bond acceptors (Lipinski definition) is 2. The Bertz CT molecular complexity index is 458. The summed E-state index contributed by atoms with van der Waals surface area (Å²) in [6.07, 6.45) is 1.81. The topological polar surface area (TPSA) is 24.4 Å². The van der Waals surface area contributed by atoms with Crippen molar-refractivity contribution >= 4 is 11.9 Å². The Morgan fingerprint density at radius 1 is 0.938 bits per heavy atom. The molecule has 0 heterocycles. The van der Waals surface area contributed by atoms with E-state index in [4.69, 9.17) is 0 Å². The molecule has 2 heteroatoms. The molecule has 1 N–H and O–H groups in total. The molecular formula is C14H14N2. The average molecular weight is 210 g/mol. The van der Waals surface area contributed by atoms with Crippen molar-refractivity contribution in [2.45, 2.75) is 6.92 Å². The first-order valence-corrected chi connectivity index (χ1v) is 5.25. The van der Waals surface area contributed by atoms with Crippen LogP contribution in [0.1, 0.15) is 11.1 Å². The number of hydrogen-bond donors (Lipinski definition) is 1. The van der Waals surface area contributed by atoms with E-state index in [0.29, 0.717) is 0 Å². The third kappa shape index (κ3) is 2.95. The van der Waals surface area contributed by atoms with Gasteiger partial charge < -0.3 is 0 Å². The highest BCUT2D eigenvalue weighted by Crippen LogP contribution is 2.05. The van der Waals surface area contributed by atoms with Gasteiger partial charge in [0.05, 0.1) is 11.9 Å². The first-order valence-electron chi connectivity index (χ1n) is 5.25. The highest BCUT2D eigenvalue weighted by molar-refractivity contribution is 5.80. The number of nitrogens with one attached hydrogen (secondary N) is 1. The second kappa shape index (κ2) is 5.12. The molecule has 0 aromatic heterocycles. The zero-order valence-corrected chi connectivity index (χ0v) is 9.22. The largest absolute Gasteiger partial charge is 0.279 e. The monoisotopic (exact) mass is 210 g/mol. The van der Waals surface area contributed by atoms with Gasteiger partial charge in [-0.3, -0.25) is 5.43 Å². The van der Waals surface area contributed by atoms with Crippen molar-refractivity contribution < 1.29 is 0 Å². The van der Waals surface area contributed by atoms with Gasteiger partial charge in [-0.25, -0.2) is 0 Å². The van der Waals surface area contributed by atoms with Crippen LogP contribution in [0.25, 0.3) is 0 Å². The lowest BCUT2D eigenvalue weighted by atomic mass is 10.2. The molecule has 0 spiro atoms. The number of anilines is 1. The molecule has 0 fully saturated rings. The molecule has 0 radical (unpaired) electrons. The van der Waals surface area contributed by atoms with Gasteiger partial charge in [0.15, 0.2) is 0 Å². The molecule has 0 aliphatic rings. The molecule has 0 unspecified atom stereocenters. The van der Waals surface area contributed by atoms with Crippen LogP contribution in [0.5, 0.6) is 0 Å². The van der Waals surface area contributed by atoms with Crippen LogP contribution in [0, 0.1) is 6.92 Å². The Labute approximate surface area is 95.6 Å². The first kappa shape index (κ1) is 10.4. The molecule has 0 aliphatic heterocycles. The van der Waals surface area contributed by atoms with Gasteiger partial charge in [-0.2, -0.15) is 5.10 Å². The van der Waals surface area contributed by atoms with Gasteiger partial charge in [-0.1, -0.05) is 48.0 Å². The van der Waals surface area contributed by atoms with Crippen molar-refractivity contribution in [1.82, 2.24) is 0 Å². The predicted octanol–water partition coefficient (Wildman–Crippen LogP) is 3.44. The van der Waals surface area contributed by atoms with E-state index >= 15 is 0 Å². The Balaban J connectivity index is 1.98. The summed E-state index contributed by atoms with van der Waals surface area (Å²) in [7, 11) is 0. The van der Waals surface area contributed by atoms with Crippen molar-refractivity contribution in [3.05, 3.63) is 65.7 Å². The second-order valence-electron chi connectivity index (χ2n) is 3.65. The molecule has 0 atom stereocenters. The number of hydrazone groups is 1. The molecule has 2 nitrogen and oxygen atoms in total. The Morgan fingerprint density at radius 2 is 1.62 bits per heavy atom. The summed E-state index contributed by atoms with van der Waals surface area (Å²) in [6, 6.07) is 18.1. The maximum atomic E-state index is 4.17. The van der Waals surface area contributed by atoms with Gasteiger partial charge in [0, 0.05) is 0 Å². The third-order valence-electron chi connectivity index (χ3n) is 2.26. The SMILES string of the molecule is Cc1ccc(/C=N\Nc2ccccc2)cc1. The summed E-state index contributed by atoms with van der Waals surface area (Å²) in [5.41, 5.74) is 6.32. The summed E-state index contributed by atoms with van der Waals surface area (Å²) in [5.74, 6) is 0. The van der Waals surface area contributed by atoms with E-state index in [2.05, 4.69) is 29.6 Å². The molecule has 0 amide bonds. The number of aryl methyl sites for hydroxylation is 1. The number of rotatable bonds is 3. The van der Waals surface area contributed by atoms with E-state index in [1.165, 1.54) is 5.56 Å². The van der Waals surface area contributed by atoms with Gasteiger partial charge in [0.2, 0.25) is 0 Å². The average Bonchev–Trinajstić information content (AvgIpc) is 2.33. The number of nitrogens with zero attached hydrogens (tertiary/aromatic N) is 1. The lowest BCUT2D eigenvalue weighted by Crippen LogP contribution is -1.89. The molecule has 2 rings (SSSR count). The van der Waals surface area contributed by atoms with Crippen LogP contribution in [0.15, 0.2) is 59.7 Å². The Kier molecular flexibility index (Phi) is 3.34. The fourth-order valence-corrected chi connectivity index (χ4v) is 1.35. The van der Waals surface area contributed by atoms with Crippen molar-refractivity contribution in [3.63, 3.8) is 0 Å². The minimum absolute atomic E-state index is 0.992. The van der Waals surface area contributed by atoms with Gasteiger partial charge in [0.1, 0.15) is 0 Å².